The Balaban J connectivity index is 3.29. The van der Waals surface area contributed by atoms with E-state index in [1.807, 2.05) is 20.8 Å². The molecule has 6 nitrogen and oxygen atoms in total. The Morgan fingerprint density at radius 2 is 1.89 bits per heavy atom. The number of nitrogens with zero attached hydrogens (tertiary/aromatic N) is 1. The van der Waals surface area contributed by atoms with Gasteiger partial charge in [0.25, 0.3) is 0 Å². The Morgan fingerprint density at radius 1 is 1.26 bits per heavy atom. The maximum atomic E-state index is 11.1. The van der Waals surface area contributed by atoms with Crippen molar-refractivity contribution in [3.8, 4) is 11.5 Å². The third kappa shape index (κ3) is 4.01. The summed E-state index contributed by atoms with van der Waals surface area (Å²) in [7, 11) is 0. The molecule has 1 N–H and O–H groups in total. The van der Waals surface area contributed by atoms with Gasteiger partial charge in [0.15, 0.2) is 5.75 Å². The zero-order valence-electron chi connectivity index (χ0n) is 11.7. The van der Waals surface area contributed by atoms with Crippen LogP contribution in [0, 0.1) is 10.1 Å². The maximum Gasteiger partial charge on any atom is 0.316 e. The molecule has 0 radical (unpaired) electrons. The molecule has 1 rings (SSSR count). The molecule has 0 saturated carbocycles. The van der Waals surface area contributed by atoms with Crippen LogP contribution in [-0.4, -0.2) is 24.2 Å². The van der Waals surface area contributed by atoms with Crippen LogP contribution in [0.4, 0.5) is 11.4 Å². The van der Waals surface area contributed by atoms with Gasteiger partial charge >= 0.3 is 5.69 Å². The van der Waals surface area contributed by atoms with Gasteiger partial charge in [-0.2, -0.15) is 0 Å². The Hall–Kier alpha value is -1.98. The molecule has 0 bridgehead atoms. The number of nitrogens with one attached hydrogen (secondary N) is 1. The van der Waals surface area contributed by atoms with Crippen molar-refractivity contribution in [2.45, 2.75) is 33.7 Å². The summed E-state index contributed by atoms with van der Waals surface area (Å²) in [4.78, 5) is 10.7. The molecule has 0 aliphatic carbocycles. The van der Waals surface area contributed by atoms with E-state index in [1.54, 1.807) is 13.0 Å². The number of benzene rings is 1. The molecule has 0 fully saturated rings. The zero-order chi connectivity index (χ0) is 14.4. The van der Waals surface area contributed by atoms with E-state index in [1.165, 1.54) is 6.07 Å². The fourth-order valence-electron chi connectivity index (χ4n) is 1.69. The van der Waals surface area contributed by atoms with Gasteiger partial charge in [-0.15, -0.1) is 0 Å². The quantitative estimate of drug-likeness (QED) is 0.607. The summed E-state index contributed by atoms with van der Waals surface area (Å²) in [6, 6.07) is 3.36. The van der Waals surface area contributed by atoms with Crippen LogP contribution in [0.3, 0.4) is 0 Å². The van der Waals surface area contributed by atoms with E-state index in [0.29, 0.717) is 24.7 Å². The summed E-state index contributed by atoms with van der Waals surface area (Å²) >= 11 is 0. The van der Waals surface area contributed by atoms with Crippen LogP contribution in [-0.2, 0) is 0 Å². The van der Waals surface area contributed by atoms with Crippen molar-refractivity contribution < 1.29 is 14.4 Å². The number of rotatable bonds is 7. The molecule has 0 unspecified atom stereocenters. The molecule has 0 saturated heterocycles. The molecule has 6 heteroatoms. The van der Waals surface area contributed by atoms with Gasteiger partial charge in [0.2, 0.25) is 5.75 Å². The first-order valence-electron chi connectivity index (χ1n) is 6.34. The highest BCUT2D eigenvalue weighted by Crippen LogP contribution is 2.40. The van der Waals surface area contributed by atoms with Gasteiger partial charge in [-0.3, -0.25) is 10.1 Å². The van der Waals surface area contributed by atoms with Gasteiger partial charge in [-0.1, -0.05) is 0 Å². The second-order valence-corrected chi connectivity index (χ2v) is 4.24. The van der Waals surface area contributed by atoms with Gasteiger partial charge in [-0.05, 0) is 27.7 Å². The fourth-order valence-corrected chi connectivity index (χ4v) is 1.69. The third-order valence-electron chi connectivity index (χ3n) is 2.28. The van der Waals surface area contributed by atoms with Gasteiger partial charge in [0.1, 0.15) is 0 Å². The molecule has 0 aliphatic rings. The molecule has 0 spiro atoms. The lowest BCUT2D eigenvalue weighted by Crippen LogP contribution is -2.11. The second kappa shape index (κ2) is 6.82. The standard InChI is InChI=1S/C13H20N2O4/c1-5-18-12-8-10(14-9(3)4)7-11(15(16)17)13(12)19-6-2/h7-9,14H,5-6H2,1-4H3. The van der Waals surface area contributed by atoms with Crippen LogP contribution in [0.2, 0.25) is 0 Å². The Labute approximate surface area is 112 Å². The molecule has 0 amide bonds. The third-order valence-corrected chi connectivity index (χ3v) is 2.28. The van der Waals surface area contributed by atoms with Crippen LogP contribution in [0.25, 0.3) is 0 Å². The van der Waals surface area contributed by atoms with Gasteiger partial charge in [-0.25, -0.2) is 0 Å². The summed E-state index contributed by atoms with van der Waals surface area (Å²) in [5.41, 5.74) is 0.560. The lowest BCUT2D eigenvalue weighted by molar-refractivity contribution is -0.385. The van der Waals surface area contributed by atoms with Gasteiger partial charge < -0.3 is 14.8 Å². The molecular weight excluding hydrogens is 248 g/mol. The normalized spacial score (nSPS) is 10.4. The van der Waals surface area contributed by atoms with E-state index in [0.717, 1.165) is 0 Å². The Morgan fingerprint density at radius 3 is 2.37 bits per heavy atom. The molecular formula is C13H20N2O4. The number of nitro groups is 1. The molecule has 0 atom stereocenters. The summed E-state index contributed by atoms with van der Waals surface area (Å²) < 4.78 is 10.8. The van der Waals surface area contributed by atoms with Crippen molar-refractivity contribution >= 4 is 11.4 Å². The van der Waals surface area contributed by atoms with E-state index >= 15 is 0 Å². The Kier molecular flexibility index (Phi) is 5.41. The summed E-state index contributed by atoms with van der Waals surface area (Å²) in [6.45, 7) is 8.29. The minimum atomic E-state index is -0.459. The highest BCUT2D eigenvalue weighted by Gasteiger charge is 2.22. The summed E-state index contributed by atoms with van der Waals surface area (Å²) in [5.74, 6) is 0.574. The molecule has 0 aromatic heterocycles. The lowest BCUT2D eigenvalue weighted by atomic mass is 10.2. The number of ether oxygens (including phenoxy) is 2. The largest absolute Gasteiger partial charge is 0.490 e. The zero-order valence-corrected chi connectivity index (χ0v) is 11.7. The molecule has 1 aromatic carbocycles. The summed E-state index contributed by atoms with van der Waals surface area (Å²) in [6.07, 6.45) is 0. The van der Waals surface area contributed by atoms with Crippen LogP contribution < -0.4 is 14.8 Å². The van der Waals surface area contributed by atoms with E-state index in [9.17, 15) is 10.1 Å². The number of hydrogen-bond donors (Lipinski definition) is 1. The van der Waals surface area contributed by atoms with Crippen LogP contribution in [0.1, 0.15) is 27.7 Å². The molecule has 0 heterocycles. The molecule has 1 aromatic rings. The van der Waals surface area contributed by atoms with E-state index < -0.39 is 4.92 Å². The first-order chi connectivity index (χ1) is 8.99. The average Bonchev–Trinajstić information content (AvgIpc) is 2.31. The predicted molar refractivity (Wildman–Crippen MR) is 74.2 cm³/mol. The van der Waals surface area contributed by atoms with Crippen LogP contribution in [0.5, 0.6) is 11.5 Å². The second-order valence-electron chi connectivity index (χ2n) is 4.24. The SMILES string of the molecule is CCOc1cc(NC(C)C)cc([N+](=O)[O-])c1OCC. The minimum Gasteiger partial charge on any atom is -0.490 e. The lowest BCUT2D eigenvalue weighted by Gasteiger charge is -2.15. The number of nitro benzene ring substituents is 1. The van der Waals surface area contributed by atoms with E-state index in [2.05, 4.69) is 5.32 Å². The van der Waals surface area contributed by atoms with Gasteiger partial charge in [0.05, 0.1) is 18.1 Å². The number of anilines is 1. The molecule has 19 heavy (non-hydrogen) atoms. The van der Waals surface area contributed by atoms with Crippen molar-refractivity contribution in [2.75, 3.05) is 18.5 Å². The first kappa shape index (κ1) is 15.1. The first-order valence-corrected chi connectivity index (χ1v) is 6.34. The maximum absolute atomic E-state index is 11.1. The van der Waals surface area contributed by atoms with Crippen molar-refractivity contribution in [3.63, 3.8) is 0 Å². The topological polar surface area (TPSA) is 73.6 Å². The highest BCUT2D eigenvalue weighted by molar-refractivity contribution is 5.66. The smallest absolute Gasteiger partial charge is 0.316 e. The predicted octanol–water partition coefficient (Wildman–Crippen LogP) is 3.21. The van der Waals surface area contributed by atoms with Crippen LogP contribution >= 0.6 is 0 Å². The fraction of sp³-hybridized carbons (Fsp3) is 0.538. The van der Waals surface area contributed by atoms with E-state index in [-0.39, 0.29) is 17.5 Å². The monoisotopic (exact) mass is 268 g/mol. The van der Waals surface area contributed by atoms with E-state index in [4.69, 9.17) is 9.47 Å². The number of hydrogen-bond acceptors (Lipinski definition) is 5. The van der Waals surface area contributed by atoms with Crippen molar-refractivity contribution in [3.05, 3.63) is 22.2 Å². The highest BCUT2D eigenvalue weighted by atomic mass is 16.6. The molecule has 0 aliphatic heterocycles. The van der Waals surface area contributed by atoms with Crippen molar-refractivity contribution in [1.29, 1.82) is 0 Å². The van der Waals surface area contributed by atoms with Gasteiger partial charge in [0, 0.05) is 23.9 Å². The van der Waals surface area contributed by atoms with Crippen molar-refractivity contribution in [2.24, 2.45) is 0 Å². The molecule has 106 valence electrons. The average molecular weight is 268 g/mol. The summed E-state index contributed by atoms with van der Waals surface area (Å²) in [5, 5.41) is 14.3. The minimum absolute atomic E-state index is 0.0871. The Bertz CT molecular complexity index is 447. The van der Waals surface area contributed by atoms with Crippen LogP contribution in [0.15, 0.2) is 12.1 Å². The van der Waals surface area contributed by atoms with Crippen molar-refractivity contribution in [1.82, 2.24) is 0 Å².